The predicted molar refractivity (Wildman–Crippen MR) is 93.7 cm³/mol. The van der Waals surface area contributed by atoms with Crippen molar-refractivity contribution in [1.82, 2.24) is 10.3 Å². The van der Waals surface area contributed by atoms with Gasteiger partial charge < -0.3 is 10.6 Å². The molecule has 2 aromatic rings. The van der Waals surface area contributed by atoms with E-state index in [2.05, 4.69) is 31.5 Å². The first-order valence-electron chi connectivity index (χ1n) is 7.20. The van der Waals surface area contributed by atoms with Crippen LogP contribution in [-0.4, -0.2) is 22.8 Å². The van der Waals surface area contributed by atoms with Crippen molar-refractivity contribution in [3.05, 3.63) is 57.8 Å². The van der Waals surface area contributed by atoms with Crippen LogP contribution in [0.4, 0.5) is 5.69 Å². The summed E-state index contributed by atoms with van der Waals surface area (Å²) in [6, 6.07) is 7.15. The zero-order chi connectivity index (χ0) is 17.0. The topological polar surface area (TPSA) is 71.1 Å². The lowest BCUT2D eigenvalue weighted by Crippen LogP contribution is -2.30. The number of benzene rings is 1. The fourth-order valence-corrected chi connectivity index (χ4v) is 2.47. The minimum Gasteiger partial charge on any atom is -0.350 e. The normalized spacial score (nSPS) is 10.5. The number of pyridine rings is 1. The number of nitrogens with zero attached hydrogens (tertiary/aromatic N) is 1. The largest absolute Gasteiger partial charge is 0.350 e. The summed E-state index contributed by atoms with van der Waals surface area (Å²) in [4.78, 5) is 28.3. The molecule has 0 fully saturated rings. The van der Waals surface area contributed by atoms with Crippen molar-refractivity contribution in [3.8, 4) is 0 Å². The van der Waals surface area contributed by atoms with Crippen molar-refractivity contribution in [2.24, 2.45) is 0 Å². The van der Waals surface area contributed by atoms with Gasteiger partial charge in [0.05, 0.1) is 11.1 Å². The van der Waals surface area contributed by atoms with Gasteiger partial charge in [0.2, 0.25) is 0 Å². The molecule has 1 aromatic heterocycles. The van der Waals surface area contributed by atoms with Crippen LogP contribution in [0.25, 0.3) is 0 Å². The Kier molecular flexibility index (Phi) is 5.50. The van der Waals surface area contributed by atoms with Gasteiger partial charge in [0.1, 0.15) is 0 Å². The first-order valence-corrected chi connectivity index (χ1v) is 7.99. The fraction of sp³-hybridized carbons (Fsp3) is 0.235. The smallest absolute Gasteiger partial charge is 0.257 e. The zero-order valence-corrected chi connectivity index (χ0v) is 14.8. The van der Waals surface area contributed by atoms with E-state index in [1.165, 1.54) is 18.5 Å². The second-order valence-corrected chi connectivity index (χ2v) is 6.42. The van der Waals surface area contributed by atoms with Crippen LogP contribution in [0.5, 0.6) is 0 Å². The monoisotopic (exact) mass is 375 g/mol. The van der Waals surface area contributed by atoms with Crippen molar-refractivity contribution in [2.75, 3.05) is 5.32 Å². The highest BCUT2D eigenvalue weighted by atomic mass is 79.9. The number of carbonyl (C=O) groups excluding carboxylic acids is 2. The molecule has 0 saturated heterocycles. The van der Waals surface area contributed by atoms with Crippen LogP contribution in [0, 0.1) is 6.92 Å². The average Bonchev–Trinajstić information content (AvgIpc) is 2.49. The summed E-state index contributed by atoms with van der Waals surface area (Å²) in [6.45, 7) is 5.65. The lowest BCUT2D eigenvalue weighted by molar-refractivity contribution is 0.0942. The molecular formula is C17H18BrN3O2. The summed E-state index contributed by atoms with van der Waals surface area (Å²) >= 11 is 3.39. The molecule has 2 N–H and O–H groups in total. The second kappa shape index (κ2) is 7.37. The Balaban J connectivity index is 2.18. The zero-order valence-electron chi connectivity index (χ0n) is 13.2. The average molecular weight is 376 g/mol. The van der Waals surface area contributed by atoms with Gasteiger partial charge in [-0.3, -0.25) is 14.6 Å². The summed E-state index contributed by atoms with van der Waals surface area (Å²) in [7, 11) is 0. The third-order valence-corrected chi connectivity index (χ3v) is 3.61. The highest BCUT2D eigenvalue weighted by Crippen LogP contribution is 2.20. The Hall–Kier alpha value is -2.21. The Morgan fingerprint density at radius 2 is 1.74 bits per heavy atom. The SMILES string of the molecule is Cc1cc(Br)ccc1NC(=O)c1cncc(C(=O)NC(C)C)c1. The molecule has 0 unspecified atom stereocenters. The van der Waals surface area contributed by atoms with Gasteiger partial charge >= 0.3 is 0 Å². The van der Waals surface area contributed by atoms with E-state index in [-0.39, 0.29) is 17.9 Å². The Labute approximate surface area is 143 Å². The number of nitrogens with one attached hydrogen (secondary N) is 2. The molecule has 0 radical (unpaired) electrons. The highest BCUT2D eigenvalue weighted by molar-refractivity contribution is 9.10. The van der Waals surface area contributed by atoms with Gasteiger partial charge in [-0.25, -0.2) is 0 Å². The number of aromatic nitrogens is 1. The van der Waals surface area contributed by atoms with E-state index in [4.69, 9.17) is 0 Å². The van der Waals surface area contributed by atoms with E-state index < -0.39 is 0 Å². The van der Waals surface area contributed by atoms with E-state index in [1.807, 2.05) is 39.0 Å². The van der Waals surface area contributed by atoms with Crippen molar-refractivity contribution >= 4 is 33.4 Å². The van der Waals surface area contributed by atoms with Gasteiger partial charge in [-0.1, -0.05) is 15.9 Å². The standard InChI is InChI=1S/C17H18BrN3O2/c1-10(2)20-16(22)12-7-13(9-19-8-12)17(23)21-15-5-4-14(18)6-11(15)3/h4-10H,1-3H3,(H,20,22)(H,21,23). The van der Waals surface area contributed by atoms with Gasteiger partial charge in [-0.15, -0.1) is 0 Å². The van der Waals surface area contributed by atoms with Gasteiger partial charge in [-0.05, 0) is 50.6 Å². The summed E-state index contributed by atoms with van der Waals surface area (Å²) in [5.74, 6) is -0.552. The number of aryl methyl sites for hydroxylation is 1. The summed E-state index contributed by atoms with van der Waals surface area (Å²) in [6.07, 6.45) is 2.88. The lowest BCUT2D eigenvalue weighted by Gasteiger charge is -2.10. The molecule has 0 spiro atoms. The molecule has 6 heteroatoms. The van der Waals surface area contributed by atoms with Crippen molar-refractivity contribution in [3.63, 3.8) is 0 Å². The highest BCUT2D eigenvalue weighted by Gasteiger charge is 2.13. The summed E-state index contributed by atoms with van der Waals surface area (Å²) in [5.41, 5.74) is 2.35. The molecule has 1 aromatic carbocycles. The van der Waals surface area contributed by atoms with Gasteiger partial charge in [0.25, 0.3) is 11.8 Å². The number of hydrogen-bond acceptors (Lipinski definition) is 3. The molecule has 120 valence electrons. The van der Waals surface area contributed by atoms with Crippen LogP contribution in [-0.2, 0) is 0 Å². The van der Waals surface area contributed by atoms with Crippen LogP contribution in [0.3, 0.4) is 0 Å². The van der Waals surface area contributed by atoms with Crippen LogP contribution in [0.1, 0.15) is 40.1 Å². The molecule has 0 saturated carbocycles. The number of rotatable bonds is 4. The fourth-order valence-electron chi connectivity index (χ4n) is 2.00. The maximum Gasteiger partial charge on any atom is 0.257 e. The molecule has 0 atom stereocenters. The third-order valence-electron chi connectivity index (χ3n) is 3.12. The van der Waals surface area contributed by atoms with E-state index in [0.717, 1.165) is 15.7 Å². The van der Waals surface area contributed by atoms with Crippen molar-refractivity contribution < 1.29 is 9.59 Å². The molecule has 0 aliphatic rings. The Morgan fingerprint density at radius 1 is 1.09 bits per heavy atom. The van der Waals surface area contributed by atoms with E-state index in [1.54, 1.807) is 0 Å². The van der Waals surface area contributed by atoms with Crippen LogP contribution in [0.2, 0.25) is 0 Å². The number of halogens is 1. The molecule has 5 nitrogen and oxygen atoms in total. The second-order valence-electron chi connectivity index (χ2n) is 5.50. The van der Waals surface area contributed by atoms with Crippen LogP contribution >= 0.6 is 15.9 Å². The maximum atomic E-state index is 12.4. The minimum absolute atomic E-state index is 0.0189. The van der Waals surface area contributed by atoms with Gasteiger partial charge in [-0.2, -0.15) is 0 Å². The minimum atomic E-state index is -0.304. The van der Waals surface area contributed by atoms with Crippen LogP contribution in [0.15, 0.2) is 41.1 Å². The van der Waals surface area contributed by atoms with Gasteiger partial charge in [0, 0.05) is 28.6 Å². The molecule has 2 amide bonds. The van der Waals surface area contributed by atoms with E-state index >= 15 is 0 Å². The number of anilines is 1. The van der Waals surface area contributed by atoms with E-state index in [9.17, 15) is 9.59 Å². The third kappa shape index (κ3) is 4.63. The molecule has 1 heterocycles. The van der Waals surface area contributed by atoms with E-state index in [0.29, 0.717) is 11.1 Å². The molecular weight excluding hydrogens is 358 g/mol. The first kappa shape index (κ1) is 17.1. The van der Waals surface area contributed by atoms with Crippen LogP contribution < -0.4 is 10.6 Å². The molecule has 0 bridgehead atoms. The quantitative estimate of drug-likeness (QED) is 0.858. The Bertz CT molecular complexity index is 744. The summed E-state index contributed by atoms with van der Waals surface area (Å²) < 4.78 is 0.946. The molecule has 0 aliphatic heterocycles. The number of hydrogen-bond donors (Lipinski definition) is 2. The Morgan fingerprint density at radius 3 is 2.35 bits per heavy atom. The summed E-state index contributed by atoms with van der Waals surface area (Å²) in [5, 5.41) is 5.60. The van der Waals surface area contributed by atoms with Gasteiger partial charge in [0.15, 0.2) is 0 Å². The molecule has 23 heavy (non-hydrogen) atoms. The predicted octanol–water partition coefficient (Wildman–Crippen LogP) is 3.54. The maximum absolute atomic E-state index is 12.4. The lowest BCUT2D eigenvalue weighted by atomic mass is 10.1. The van der Waals surface area contributed by atoms with Crippen molar-refractivity contribution in [1.29, 1.82) is 0 Å². The molecule has 2 rings (SSSR count). The first-order chi connectivity index (χ1) is 10.9. The number of carbonyl (C=O) groups is 2. The number of amides is 2. The van der Waals surface area contributed by atoms with Crippen molar-refractivity contribution in [2.45, 2.75) is 26.8 Å². The molecule has 0 aliphatic carbocycles.